The van der Waals surface area contributed by atoms with Crippen LogP contribution in [0.1, 0.15) is 46.5 Å². The van der Waals surface area contributed by atoms with Crippen LogP contribution < -0.4 is 20.9 Å². The lowest BCUT2D eigenvalue weighted by molar-refractivity contribution is 0.281. The minimum atomic E-state index is 0.324. The molecule has 7 nitrogen and oxygen atoms in total. The van der Waals surface area contributed by atoms with E-state index in [0.717, 1.165) is 25.9 Å². The number of unbranched alkanes of at least 4 members (excludes halogenated alkanes) is 3. The highest BCUT2D eigenvalue weighted by molar-refractivity contribution is 5.37. The number of anilines is 2. The molecule has 20 heavy (non-hydrogen) atoms. The number of nitrogens with one attached hydrogen (secondary N) is 1. The Balaban J connectivity index is 2.67. The van der Waals surface area contributed by atoms with E-state index in [9.17, 15) is 0 Å². The van der Waals surface area contributed by atoms with Crippen molar-refractivity contribution >= 4 is 11.9 Å². The molecule has 0 aliphatic heterocycles. The molecule has 1 aromatic rings. The molecule has 0 amide bonds. The molecular weight excluding hydrogens is 256 g/mol. The summed E-state index contributed by atoms with van der Waals surface area (Å²) in [6.45, 7) is 8.54. The largest absolute Gasteiger partial charge is 0.463 e. The van der Waals surface area contributed by atoms with Crippen LogP contribution in [0.15, 0.2) is 0 Å². The number of nitrogens with zero attached hydrogens (tertiary/aromatic N) is 4. The first-order valence-corrected chi connectivity index (χ1v) is 7.35. The first-order chi connectivity index (χ1) is 9.74. The number of nitrogens with two attached hydrogens (primary N) is 1. The van der Waals surface area contributed by atoms with Crippen molar-refractivity contribution in [2.24, 2.45) is 5.84 Å². The SMILES string of the molecule is CCCCCCOc1nc(NN)nc(N(CC)CC)n1. The Morgan fingerprint density at radius 3 is 2.40 bits per heavy atom. The molecule has 0 aliphatic rings. The van der Waals surface area contributed by atoms with Gasteiger partial charge >= 0.3 is 6.01 Å². The lowest BCUT2D eigenvalue weighted by Crippen LogP contribution is -2.25. The van der Waals surface area contributed by atoms with Gasteiger partial charge in [-0.05, 0) is 20.3 Å². The van der Waals surface area contributed by atoms with Gasteiger partial charge < -0.3 is 9.64 Å². The number of aromatic nitrogens is 3. The van der Waals surface area contributed by atoms with E-state index in [-0.39, 0.29) is 0 Å². The van der Waals surface area contributed by atoms with Gasteiger partial charge in [0, 0.05) is 13.1 Å². The molecule has 0 saturated carbocycles. The number of hydrazine groups is 1. The number of rotatable bonds is 10. The van der Waals surface area contributed by atoms with Gasteiger partial charge in [-0.2, -0.15) is 15.0 Å². The van der Waals surface area contributed by atoms with Crippen LogP contribution >= 0.6 is 0 Å². The second kappa shape index (κ2) is 9.30. The van der Waals surface area contributed by atoms with Crippen molar-refractivity contribution in [3.8, 4) is 6.01 Å². The summed E-state index contributed by atoms with van der Waals surface area (Å²) in [4.78, 5) is 14.7. The Hall–Kier alpha value is -1.63. The Labute approximate surface area is 120 Å². The van der Waals surface area contributed by atoms with Crippen LogP contribution in [-0.2, 0) is 0 Å². The average molecular weight is 282 g/mol. The molecule has 0 aromatic carbocycles. The number of nitrogen functional groups attached to an aromatic ring is 1. The minimum Gasteiger partial charge on any atom is -0.463 e. The highest BCUT2D eigenvalue weighted by Gasteiger charge is 2.11. The maximum atomic E-state index is 5.59. The summed E-state index contributed by atoms with van der Waals surface area (Å²) in [5, 5.41) is 0. The highest BCUT2D eigenvalue weighted by atomic mass is 16.5. The van der Waals surface area contributed by atoms with Crippen molar-refractivity contribution in [2.75, 3.05) is 30.0 Å². The molecule has 114 valence electrons. The Morgan fingerprint density at radius 1 is 1.05 bits per heavy atom. The van der Waals surface area contributed by atoms with Crippen LogP contribution in [0.5, 0.6) is 6.01 Å². The topological polar surface area (TPSA) is 89.2 Å². The summed E-state index contributed by atoms with van der Waals surface area (Å²) in [7, 11) is 0. The third-order valence-electron chi connectivity index (χ3n) is 3.01. The number of hydrogen-bond donors (Lipinski definition) is 2. The quantitative estimate of drug-likeness (QED) is 0.385. The van der Waals surface area contributed by atoms with Crippen LogP contribution in [0, 0.1) is 0 Å². The number of ether oxygens (including phenoxy) is 1. The van der Waals surface area contributed by atoms with E-state index in [1.165, 1.54) is 12.8 Å². The predicted molar refractivity (Wildman–Crippen MR) is 80.8 cm³/mol. The van der Waals surface area contributed by atoms with Crippen molar-refractivity contribution in [1.29, 1.82) is 0 Å². The van der Waals surface area contributed by atoms with Gasteiger partial charge in [0.15, 0.2) is 0 Å². The van der Waals surface area contributed by atoms with Gasteiger partial charge in [0.25, 0.3) is 0 Å². The summed E-state index contributed by atoms with van der Waals surface area (Å²) in [5.41, 5.74) is 2.45. The molecule has 0 atom stereocenters. The van der Waals surface area contributed by atoms with Crippen LogP contribution in [0.3, 0.4) is 0 Å². The van der Waals surface area contributed by atoms with Crippen molar-refractivity contribution in [3.05, 3.63) is 0 Å². The predicted octanol–water partition coefficient (Wildman–Crippen LogP) is 1.96. The molecule has 0 spiro atoms. The maximum Gasteiger partial charge on any atom is 0.323 e. The fraction of sp³-hybridized carbons (Fsp3) is 0.769. The zero-order chi connectivity index (χ0) is 14.8. The van der Waals surface area contributed by atoms with E-state index in [1.807, 2.05) is 18.7 Å². The van der Waals surface area contributed by atoms with Gasteiger partial charge in [0.05, 0.1) is 6.61 Å². The standard InChI is InChI=1S/C13H26N6O/c1-4-7-8-9-10-20-13-16-11(18-14)15-12(17-13)19(5-2)6-3/h4-10,14H2,1-3H3,(H,15,16,17,18). The Bertz CT molecular complexity index is 383. The molecule has 0 unspecified atom stereocenters. The van der Waals surface area contributed by atoms with Crippen molar-refractivity contribution in [3.63, 3.8) is 0 Å². The summed E-state index contributed by atoms with van der Waals surface area (Å²) < 4.78 is 5.59. The molecule has 0 bridgehead atoms. The summed E-state index contributed by atoms with van der Waals surface area (Å²) in [6.07, 6.45) is 4.60. The van der Waals surface area contributed by atoms with E-state index < -0.39 is 0 Å². The lowest BCUT2D eigenvalue weighted by atomic mass is 10.2. The second-order valence-electron chi connectivity index (χ2n) is 4.47. The van der Waals surface area contributed by atoms with Crippen LogP contribution in [-0.4, -0.2) is 34.6 Å². The van der Waals surface area contributed by atoms with Gasteiger partial charge in [0.1, 0.15) is 0 Å². The lowest BCUT2D eigenvalue weighted by Gasteiger charge is -2.19. The fourth-order valence-corrected chi connectivity index (χ4v) is 1.82. The average Bonchev–Trinajstić information content (AvgIpc) is 2.48. The third-order valence-corrected chi connectivity index (χ3v) is 3.01. The molecule has 0 fully saturated rings. The zero-order valence-corrected chi connectivity index (χ0v) is 12.7. The van der Waals surface area contributed by atoms with Gasteiger partial charge in [-0.1, -0.05) is 26.2 Å². The molecule has 0 saturated heterocycles. The molecule has 0 aliphatic carbocycles. The van der Waals surface area contributed by atoms with Crippen molar-refractivity contribution in [1.82, 2.24) is 15.0 Å². The summed E-state index contributed by atoms with van der Waals surface area (Å²) in [5.74, 6) is 6.30. The number of hydrogen-bond acceptors (Lipinski definition) is 7. The van der Waals surface area contributed by atoms with E-state index >= 15 is 0 Å². The normalized spacial score (nSPS) is 10.4. The second-order valence-corrected chi connectivity index (χ2v) is 4.47. The van der Waals surface area contributed by atoms with Gasteiger partial charge in [-0.3, -0.25) is 5.43 Å². The highest BCUT2D eigenvalue weighted by Crippen LogP contribution is 2.14. The smallest absolute Gasteiger partial charge is 0.323 e. The molecular formula is C13H26N6O. The summed E-state index contributed by atoms with van der Waals surface area (Å²) >= 11 is 0. The molecule has 3 N–H and O–H groups in total. The van der Waals surface area contributed by atoms with Crippen LogP contribution in [0.2, 0.25) is 0 Å². The zero-order valence-electron chi connectivity index (χ0n) is 12.7. The first kappa shape index (κ1) is 16.4. The molecule has 0 radical (unpaired) electrons. The van der Waals surface area contributed by atoms with E-state index in [1.54, 1.807) is 0 Å². The van der Waals surface area contributed by atoms with Crippen molar-refractivity contribution < 1.29 is 4.74 Å². The van der Waals surface area contributed by atoms with Crippen molar-refractivity contribution in [2.45, 2.75) is 46.5 Å². The third kappa shape index (κ3) is 5.16. The Kier molecular flexibility index (Phi) is 7.64. The molecule has 1 aromatic heterocycles. The van der Waals surface area contributed by atoms with E-state index in [2.05, 4.69) is 27.3 Å². The van der Waals surface area contributed by atoms with Gasteiger partial charge in [0.2, 0.25) is 11.9 Å². The minimum absolute atomic E-state index is 0.324. The Morgan fingerprint density at radius 2 is 1.80 bits per heavy atom. The first-order valence-electron chi connectivity index (χ1n) is 7.35. The van der Waals surface area contributed by atoms with Crippen LogP contribution in [0.4, 0.5) is 11.9 Å². The van der Waals surface area contributed by atoms with Gasteiger partial charge in [-0.15, -0.1) is 0 Å². The monoisotopic (exact) mass is 282 g/mol. The fourth-order valence-electron chi connectivity index (χ4n) is 1.82. The molecule has 1 heterocycles. The van der Waals surface area contributed by atoms with Gasteiger partial charge in [-0.25, -0.2) is 5.84 Å². The molecule has 1 rings (SSSR count). The summed E-state index contributed by atoms with van der Waals surface area (Å²) in [6, 6.07) is 0.325. The maximum absolute atomic E-state index is 5.59. The molecule has 7 heteroatoms. The van der Waals surface area contributed by atoms with E-state index in [0.29, 0.717) is 24.5 Å². The van der Waals surface area contributed by atoms with Crippen LogP contribution in [0.25, 0.3) is 0 Å². The van der Waals surface area contributed by atoms with E-state index in [4.69, 9.17) is 10.6 Å².